The highest BCUT2D eigenvalue weighted by atomic mass is 79.9. The molecule has 0 aliphatic carbocycles. The fraction of sp³-hybridized carbons (Fsp3) is 0.300. The van der Waals surface area contributed by atoms with Gasteiger partial charge >= 0.3 is 0 Å². The summed E-state index contributed by atoms with van der Waals surface area (Å²) in [6, 6.07) is 7.66. The summed E-state index contributed by atoms with van der Waals surface area (Å²) in [6.07, 6.45) is 0.454. The van der Waals surface area contributed by atoms with Gasteiger partial charge in [0.2, 0.25) is 5.91 Å². The molecule has 2 N–H and O–H groups in total. The Bertz CT molecular complexity index is 350. The molecule has 1 fully saturated rings. The van der Waals surface area contributed by atoms with Gasteiger partial charge in [-0.05, 0) is 24.3 Å². The van der Waals surface area contributed by atoms with E-state index < -0.39 is 0 Å². The zero-order valence-electron chi connectivity index (χ0n) is 7.61. The van der Waals surface area contributed by atoms with Crippen molar-refractivity contribution in [1.29, 1.82) is 0 Å². The minimum Gasteiger partial charge on any atom is -0.326 e. The Kier molecular flexibility index (Phi) is 2.56. The van der Waals surface area contributed by atoms with E-state index in [1.54, 1.807) is 4.90 Å². The van der Waals surface area contributed by atoms with Crippen LogP contribution < -0.4 is 10.6 Å². The number of halogens is 1. The second kappa shape index (κ2) is 3.71. The maximum Gasteiger partial charge on any atom is 0.228 e. The smallest absolute Gasteiger partial charge is 0.228 e. The molecular weight excluding hydrogens is 244 g/mol. The van der Waals surface area contributed by atoms with Gasteiger partial charge in [-0.2, -0.15) is 0 Å². The van der Waals surface area contributed by atoms with Crippen molar-refractivity contribution in [3.63, 3.8) is 0 Å². The highest BCUT2D eigenvalue weighted by molar-refractivity contribution is 9.10. The number of nitrogens with two attached hydrogens (primary N) is 1. The largest absolute Gasteiger partial charge is 0.326 e. The van der Waals surface area contributed by atoms with Gasteiger partial charge in [-0.1, -0.05) is 15.9 Å². The van der Waals surface area contributed by atoms with E-state index in [0.717, 1.165) is 10.2 Å². The Morgan fingerprint density at radius 2 is 2.00 bits per heavy atom. The van der Waals surface area contributed by atoms with E-state index in [9.17, 15) is 4.79 Å². The van der Waals surface area contributed by atoms with Gasteiger partial charge < -0.3 is 10.6 Å². The molecule has 0 aromatic heterocycles. The summed E-state index contributed by atoms with van der Waals surface area (Å²) >= 11 is 3.35. The molecule has 4 heteroatoms. The third kappa shape index (κ3) is 1.81. The summed E-state index contributed by atoms with van der Waals surface area (Å²) in [5, 5.41) is 0. The highest BCUT2D eigenvalue weighted by Crippen LogP contribution is 2.22. The third-order valence-corrected chi connectivity index (χ3v) is 2.82. The predicted octanol–water partition coefficient (Wildman–Crippen LogP) is 1.51. The molecule has 0 saturated carbocycles. The Morgan fingerprint density at radius 1 is 1.36 bits per heavy atom. The minimum atomic E-state index is -0.0221. The maximum absolute atomic E-state index is 11.5. The number of hydrogen-bond donors (Lipinski definition) is 1. The molecule has 74 valence electrons. The highest BCUT2D eigenvalue weighted by Gasteiger charge is 2.27. The van der Waals surface area contributed by atoms with Gasteiger partial charge in [0.1, 0.15) is 0 Å². The van der Waals surface area contributed by atoms with Crippen LogP contribution in [0.15, 0.2) is 28.7 Å². The molecule has 1 amide bonds. The summed E-state index contributed by atoms with van der Waals surface area (Å²) in [7, 11) is 0. The standard InChI is InChI=1S/C10H11BrN2O/c11-7-1-3-9(4-2-7)13-6-8(12)5-10(13)14/h1-4,8H,5-6,12H2. The van der Waals surface area contributed by atoms with Gasteiger partial charge in [0.25, 0.3) is 0 Å². The first-order chi connectivity index (χ1) is 6.66. The lowest BCUT2D eigenvalue weighted by Crippen LogP contribution is -2.27. The van der Waals surface area contributed by atoms with Crippen molar-refractivity contribution in [3.05, 3.63) is 28.7 Å². The van der Waals surface area contributed by atoms with E-state index in [2.05, 4.69) is 15.9 Å². The Morgan fingerprint density at radius 3 is 2.50 bits per heavy atom. The average Bonchev–Trinajstić information content (AvgIpc) is 2.47. The molecule has 2 rings (SSSR count). The second-order valence-corrected chi connectivity index (χ2v) is 4.36. The first-order valence-electron chi connectivity index (χ1n) is 4.48. The zero-order chi connectivity index (χ0) is 10.1. The summed E-state index contributed by atoms with van der Waals surface area (Å²) in [6.45, 7) is 0.625. The van der Waals surface area contributed by atoms with Gasteiger partial charge in [0, 0.05) is 29.2 Å². The van der Waals surface area contributed by atoms with Crippen LogP contribution in [0.4, 0.5) is 5.69 Å². The number of rotatable bonds is 1. The summed E-state index contributed by atoms with van der Waals surface area (Å²) < 4.78 is 1.01. The fourth-order valence-electron chi connectivity index (χ4n) is 1.61. The molecule has 1 aliphatic heterocycles. The molecule has 0 radical (unpaired) electrons. The molecular formula is C10H11BrN2O. The number of benzene rings is 1. The monoisotopic (exact) mass is 254 g/mol. The fourth-order valence-corrected chi connectivity index (χ4v) is 1.87. The lowest BCUT2D eigenvalue weighted by atomic mass is 10.3. The van der Waals surface area contributed by atoms with Crippen LogP contribution in [0.25, 0.3) is 0 Å². The number of carbonyl (C=O) groups excluding carboxylic acids is 1. The molecule has 1 aromatic carbocycles. The lowest BCUT2D eigenvalue weighted by Gasteiger charge is -2.15. The number of carbonyl (C=O) groups is 1. The summed E-state index contributed by atoms with van der Waals surface area (Å²) in [4.78, 5) is 13.2. The molecule has 0 spiro atoms. The van der Waals surface area contributed by atoms with Gasteiger partial charge in [0.05, 0.1) is 0 Å². The van der Waals surface area contributed by atoms with Gasteiger partial charge in [-0.15, -0.1) is 0 Å². The Labute approximate surface area is 91.0 Å². The molecule has 14 heavy (non-hydrogen) atoms. The third-order valence-electron chi connectivity index (χ3n) is 2.29. The molecule has 1 saturated heterocycles. The van der Waals surface area contributed by atoms with Crippen LogP contribution in [0.5, 0.6) is 0 Å². The Hall–Kier alpha value is -0.870. The van der Waals surface area contributed by atoms with Crippen molar-refractivity contribution in [3.8, 4) is 0 Å². The van der Waals surface area contributed by atoms with Crippen LogP contribution in [-0.4, -0.2) is 18.5 Å². The minimum absolute atomic E-state index is 0.0221. The molecule has 1 aromatic rings. The van der Waals surface area contributed by atoms with Crippen molar-refractivity contribution in [2.75, 3.05) is 11.4 Å². The van der Waals surface area contributed by atoms with Crippen molar-refractivity contribution in [1.82, 2.24) is 0 Å². The van der Waals surface area contributed by atoms with Crippen LogP contribution in [0.2, 0.25) is 0 Å². The second-order valence-electron chi connectivity index (χ2n) is 3.44. The molecule has 1 unspecified atom stereocenters. The van der Waals surface area contributed by atoms with E-state index in [-0.39, 0.29) is 11.9 Å². The van der Waals surface area contributed by atoms with E-state index in [4.69, 9.17) is 5.73 Å². The normalized spacial score (nSPS) is 21.7. The van der Waals surface area contributed by atoms with E-state index in [1.807, 2.05) is 24.3 Å². The zero-order valence-corrected chi connectivity index (χ0v) is 9.20. The average molecular weight is 255 g/mol. The molecule has 1 atom stereocenters. The van der Waals surface area contributed by atoms with Crippen LogP contribution in [0.3, 0.4) is 0 Å². The van der Waals surface area contributed by atoms with Gasteiger partial charge in [0.15, 0.2) is 0 Å². The van der Waals surface area contributed by atoms with E-state index in [0.29, 0.717) is 13.0 Å². The quantitative estimate of drug-likeness (QED) is 0.826. The van der Waals surface area contributed by atoms with Crippen LogP contribution >= 0.6 is 15.9 Å². The molecule has 0 bridgehead atoms. The predicted molar refractivity (Wildman–Crippen MR) is 59.1 cm³/mol. The van der Waals surface area contributed by atoms with Crippen molar-refractivity contribution >= 4 is 27.5 Å². The summed E-state index contributed by atoms with van der Waals surface area (Å²) in [5.41, 5.74) is 6.63. The van der Waals surface area contributed by atoms with Gasteiger partial charge in [-0.25, -0.2) is 0 Å². The van der Waals surface area contributed by atoms with E-state index in [1.165, 1.54) is 0 Å². The van der Waals surface area contributed by atoms with Crippen molar-refractivity contribution in [2.24, 2.45) is 5.73 Å². The van der Waals surface area contributed by atoms with Crippen LogP contribution in [0, 0.1) is 0 Å². The SMILES string of the molecule is NC1CC(=O)N(c2ccc(Br)cc2)C1. The van der Waals surface area contributed by atoms with Crippen LogP contribution in [0.1, 0.15) is 6.42 Å². The molecule has 1 aliphatic rings. The molecule has 3 nitrogen and oxygen atoms in total. The lowest BCUT2D eigenvalue weighted by molar-refractivity contribution is -0.117. The molecule has 1 heterocycles. The maximum atomic E-state index is 11.5. The number of nitrogens with zero attached hydrogens (tertiary/aromatic N) is 1. The summed E-state index contributed by atoms with van der Waals surface area (Å²) in [5.74, 6) is 0.111. The number of anilines is 1. The first kappa shape index (κ1) is 9.68. The Balaban J connectivity index is 2.23. The van der Waals surface area contributed by atoms with Crippen molar-refractivity contribution in [2.45, 2.75) is 12.5 Å². The first-order valence-corrected chi connectivity index (χ1v) is 5.27. The number of hydrogen-bond acceptors (Lipinski definition) is 2. The van der Waals surface area contributed by atoms with Crippen LogP contribution in [-0.2, 0) is 4.79 Å². The van der Waals surface area contributed by atoms with Crippen molar-refractivity contribution < 1.29 is 4.79 Å². The van der Waals surface area contributed by atoms with Gasteiger partial charge in [-0.3, -0.25) is 4.79 Å². The number of amides is 1. The van der Waals surface area contributed by atoms with E-state index >= 15 is 0 Å². The topological polar surface area (TPSA) is 46.3 Å².